The average molecular weight is 218 g/mol. The van der Waals surface area contributed by atoms with Gasteiger partial charge in [-0.1, -0.05) is 19.8 Å². The van der Waals surface area contributed by atoms with Crippen LogP contribution < -0.4 is 5.32 Å². The van der Waals surface area contributed by atoms with Gasteiger partial charge < -0.3 is 5.32 Å². The summed E-state index contributed by atoms with van der Waals surface area (Å²) >= 11 is 0. The van der Waals surface area contributed by atoms with E-state index in [1.54, 1.807) is 0 Å². The third kappa shape index (κ3) is 2.37. The van der Waals surface area contributed by atoms with Gasteiger partial charge in [0.1, 0.15) is 0 Å². The summed E-state index contributed by atoms with van der Waals surface area (Å²) in [6.45, 7) is 6.43. The Hall–Kier alpha value is -1.05. The van der Waals surface area contributed by atoms with Gasteiger partial charge in [-0.3, -0.25) is 4.98 Å². The van der Waals surface area contributed by atoms with E-state index in [9.17, 15) is 0 Å². The van der Waals surface area contributed by atoms with E-state index in [2.05, 4.69) is 36.3 Å². The highest BCUT2D eigenvalue weighted by Gasteiger charge is 2.25. The molecule has 0 aliphatic heterocycles. The van der Waals surface area contributed by atoms with Crippen LogP contribution in [-0.4, -0.2) is 11.0 Å². The maximum Gasteiger partial charge on any atom is 0.0606 e. The molecular formula is C14H22N2. The lowest BCUT2D eigenvalue weighted by Gasteiger charge is -2.21. The first-order valence-corrected chi connectivity index (χ1v) is 6.41. The van der Waals surface area contributed by atoms with Crippen molar-refractivity contribution in [1.29, 1.82) is 0 Å². The van der Waals surface area contributed by atoms with Crippen LogP contribution >= 0.6 is 0 Å². The first kappa shape index (κ1) is 11.4. The molecule has 2 atom stereocenters. The maximum absolute atomic E-state index is 4.50. The second kappa shape index (κ2) is 4.86. The molecule has 2 unspecified atom stereocenters. The summed E-state index contributed by atoms with van der Waals surface area (Å²) in [5.74, 6) is 0.848. The Balaban J connectivity index is 2.08. The Morgan fingerprint density at radius 2 is 2.12 bits per heavy atom. The van der Waals surface area contributed by atoms with Gasteiger partial charge in [0, 0.05) is 11.7 Å². The number of pyridine rings is 1. The van der Waals surface area contributed by atoms with Crippen molar-refractivity contribution < 1.29 is 0 Å². The Bertz CT molecular complexity index is 360. The average Bonchev–Trinajstić information content (AvgIpc) is 2.69. The molecule has 2 nitrogen and oxygen atoms in total. The van der Waals surface area contributed by atoms with Crippen LogP contribution in [0.25, 0.3) is 0 Å². The summed E-state index contributed by atoms with van der Waals surface area (Å²) in [5, 5.41) is 3.67. The van der Waals surface area contributed by atoms with Crippen molar-refractivity contribution in [2.24, 2.45) is 5.92 Å². The number of rotatable bonds is 3. The van der Waals surface area contributed by atoms with Gasteiger partial charge in [-0.25, -0.2) is 0 Å². The van der Waals surface area contributed by atoms with Crippen molar-refractivity contribution in [3.8, 4) is 0 Å². The van der Waals surface area contributed by atoms with Crippen LogP contribution in [0.4, 0.5) is 5.69 Å². The highest BCUT2D eigenvalue weighted by Crippen LogP contribution is 2.31. The van der Waals surface area contributed by atoms with Gasteiger partial charge in [0.05, 0.1) is 11.4 Å². The summed E-state index contributed by atoms with van der Waals surface area (Å²) < 4.78 is 0. The molecule has 16 heavy (non-hydrogen) atoms. The Morgan fingerprint density at radius 3 is 2.81 bits per heavy atom. The second-order valence-electron chi connectivity index (χ2n) is 4.94. The van der Waals surface area contributed by atoms with Gasteiger partial charge in [0.2, 0.25) is 0 Å². The van der Waals surface area contributed by atoms with Crippen molar-refractivity contribution in [3.63, 3.8) is 0 Å². The summed E-state index contributed by atoms with van der Waals surface area (Å²) in [6.07, 6.45) is 5.35. The van der Waals surface area contributed by atoms with Gasteiger partial charge in [0.25, 0.3) is 0 Å². The van der Waals surface area contributed by atoms with E-state index in [0.29, 0.717) is 6.04 Å². The number of anilines is 1. The van der Waals surface area contributed by atoms with Crippen molar-refractivity contribution in [2.45, 2.75) is 52.5 Å². The highest BCUT2D eigenvalue weighted by molar-refractivity contribution is 5.48. The Morgan fingerprint density at radius 1 is 1.31 bits per heavy atom. The van der Waals surface area contributed by atoms with Crippen LogP contribution in [0, 0.1) is 19.8 Å². The zero-order valence-electron chi connectivity index (χ0n) is 10.6. The molecular weight excluding hydrogens is 196 g/mol. The predicted octanol–water partition coefficient (Wildman–Crippen LogP) is 3.69. The topological polar surface area (TPSA) is 24.9 Å². The number of nitrogens with one attached hydrogen (secondary N) is 1. The molecule has 1 aromatic heterocycles. The monoisotopic (exact) mass is 218 g/mol. The molecule has 1 saturated carbocycles. The molecule has 88 valence electrons. The van der Waals surface area contributed by atoms with E-state index in [-0.39, 0.29) is 0 Å². The third-order valence-corrected chi connectivity index (χ3v) is 3.75. The fourth-order valence-corrected chi connectivity index (χ4v) is 2.75. The van der Waals surface area contributed by atoms with E-state index in [1.807, 2.05) is 6.92 Å². The predicted molar refractivity (Wildman–Crippen MR) is 68.8 cm³/mol. The summed E-state index contributed by atoms with van der Waals surface area (Å²) in [6, 6.07) is 4.92. The molecule has 1 heterocycles. The molecule has 0 spiro atoms. The van der Waals surface area contributed by atoms with Gasteiger partial charge in [0.15, 0.2) is 0 Å². The molecule has 1 aromatic rings. The first-order chi connectivity index (χ1) is 7.70. The van der Waals surface area contributed by atoms with Crippen molar-refractivity contribution in [2.75, 3.05) is 5.32 Å². The fraction of sp³-hybridized carbons (Fsp3) is 0.643. The van der Waals surface area contributed by atoms with Gasteiger partial charge in [-0.2, -0.15) is 0 Å². The SMILES string of the molecule is CCC1CCCC1Nc1ccc(C)nc1C. The third-order valence-electron chi connectivity index (χ3n) is 3.75. The molecule has 1 N–H and O–H groups in total. The van der Waals surface area contributed by atoms with E-state index >= 15 is 0 Å². The molecule has 0 aromatic carbocycles. The number of hydrogen-bond donors (Lipinski definition) is 1. The quantitative estimate of drug-likeness (QED) is 0.837. The van der Waals surface area contributed by atoms with E-state index in [4.69, 9.17) is 0 Å². The van der Waals surface area contributed by atoms with E-state index in [0.717, 1.165) is 17.3 Å². The van der Waals surface area contributed by atoms with Crippen molar-refractivity contribution in [3.05, 3.63) is 23.5 Å². The normalized spacial score (nSPS) is 24.7. The summed E-state index contributed by atoms with van der Waals surface area (Å²) in [4.78, 5) is 4.50. The second-order valence-corrected chi connectivity index (χ2v) is 4.94. The lowest BCUT2D eigenvalue weighted by atomic mass is 10.0. The van der Waals surface area contributed by atoms with Crippen LogP contribution in [0.15, 0.2) is 12.1 Å². The van der Waals surface area contributed by atoms with Gasteiger partial charge >= 0.3 is 0 Å². The number of hydrogen-bond acceptors (Lipinski definition) is 2. The molecule has 1 aliphatic carbocycles. The van der Waals surface area contributed by atoms with Crippen LogP contribution in [0.5, 0.6) is 0 Å². The lowest BCUT2D eigenvalue weighted by molar-refractivity contribution is 0.489. The largest absolute Gasteiger partial charge is 0.381 e. The zero-order chi connectivity index (χ0) is 11.5. The molecule has 1 fully saturated rings. The molecule has 2 heteroatoms. The molecule has 2 rings (SSSR count). The minimum atomic E-state index is 0.660. The number of aromatic nitrogens is 1. The zero-order valence-corrected chi connectivity index (χ0v) is 10.6. The van der Waals surface area contributed by atoms with E-state index in [1.165, 1.54) is 31.4 Å². The Labute approximate surface area is 98.5 Å². The number of nitrogens with zero attached hydrogens (tertiary/aromatic N) is 1. The molecule has 0 saturated heterocycles. The van der Waals surface area contributed by atoms with E-state index < -0.39 is 0 Å². The molecule has 0 bridgehead atoms. The van der Waals surface area contributed by atoms with Crippen LogP contribution in [0.3, 0.4) is 0 Å². The summed E-state index contributed by atoms with van der Waals surface area (Å²) in [7, 11) is 0. The van der Waals surface area contributed by atoms with Crippen molar-refractivity contribution >= 4 is 5.69 Å². The maximum atomic E-state index is 4.50. The smallest absolute Gasteiger partial charge is 0.0606 e. The standard InChI is InChI=1S/C14H22N2/c1-4-12-6-5-7-14(12)16-13-9-8-10(2)15-11(13)3/h8-9,12,14,16H,4-7H2,1-3H3. The Kier molecular flexibility index (Phi) is 3.47. The van der Waals surface area contributed by atoms with Crippen LogP contribution in [0.1, 0.15) is 44.0 Å². The highest BCUT2D eigenvalue weighted by atomic mass is 15.0. The lowest BCUT2D eigenvalue weighted by Crippen LogP contribution is -2.24. The molecule has 1 aliphatic rings. The van der Waals surface area contributed by atoms with Crippen LogP contribution in [0.2, 0.25) is 0 Å². The first-order valence-electron chi connectivity index (χ1n) is 6.41. The minimum absolute atomic E-state index is 0.660. The van der Waals surface area contributed by atoms with Gasteiger partial charge in [-0.15, -0.1) is 0 Å². The molecule has 0 radical (unpaired) electrons. The van der Waals surface area contributed by atoms with Gasteiger partial charge in [-0.05, 0) is 44.7 Å². The molecule has 0 amide bonds. The van der Waals surface area contributed by atoms with Crippen molar-refractivity contribution in [1.82, 2.24) is 4.98 Å². The number of aryl methyl sites for hydroxylation is 2. The van der Waals surface area contributed by atoms with Crippen LogP contribution in [-0.2, 0) is 0 Å². The minimum Gasteiger partial charge on any atom is -0.381 e. The fourth-order valence-electron chi connectivity index (χ4n) is 2.75. The summed E-state index contributed by atoms with van der Waals surface area (Å²) in [5.41, 5.74) is 3.44.